The molecule has 0 bridgehead atoms. The minimum Gasteiger partial charge on any atom is -0.388 e. The third-order valence-electron chi connectivity index (χ3n) is 2.05. The van der Waals surface area contributed by atoms with Crippen LogP contribution in [0, 0.1) is 5.95 Å². The van der Waals surface area contributed by atoms with E-state index < -0.39 is 11.5 Å². The predicted octanol–water partition coefficient (Wildman–Crippen LogP) is 1.19. The Balaban J connectivity index is 2.54. The van der Waals surface area contributed by atoms with Gasteiger partial charge in [-0.2, -0.15) is 4.39 Å². The highest BCUT2D eigenvalue weighted by Crippen LogP contribution is 2.10. The lowest BCUT2D eigenvalue weighted by Crippen LogP contribution is -2.32. The molecule has 1 unspecified atom stereocenters. The van der Waals surface area contributed by atoms with Crippen LogP contribution < -0.4 is 5.32 Å². The smallest absolute Gasteiger partial charge is 0.217 e. The number of aliphatic hydroxyl groups is 1. The van der Waals surface area contributed by atoms with Crippen LogP contribution >= 0.6 is 0 Å². The van der Waals surface area contributed by atoms with E-state index in [9.17, 15) is 9.50 Å². The van der Waals surface area contributed by atoms with Crippen LogP contribution in [0.5, 0.6) is 0 Å². The van der Waals surface area contributed by atoms with Crippen LogP contribution in [0.4, 0.5) is 10.2 Å². The van der Waals surface area contributed by atoms with E-state index in [1.165, 1.54) is 6.07 Å². The Hall–Kier alpha value is -1.23. The lowest BCUT2D eigenvalue weighted by molar-refractivity contribution is 0.0696. The van der Waals surface area contributed by atoms with Gasteiger partial charge in [0, 0.05) is 12.6 Å². The van der Waals surface area contributed by atoms with Crippen LogP contribution in [-0.4, -0.2) is 27.2 Å². The van der Waals surface area contributed by atoms with Crippen molar-refractivity contribution in [2.24, 2.45) is 0 Å². The Morgan fingerprint density at radius 2 is 2.29 bits per heavy atom. The first-order valence-corrected chi connectivity index (χ1v) is 4.47. The molecule has 1 heterocycles. The van der Waals surface area contributed by atoms with Gasteiger partial charge in [-0.05, 0) is 13.3 Å². The van der Waals surface area contributed by atoms with E-state index in [2.05, 4.69) is 15.3 Å². The molecular formula is C9H14FN3O. The first-order valence-electron chi connectivity index (χ1n) is 4.47. The Kier molecular flexibility index (Phi) is 3.35. The number of aromatic nitrogens is 2. The molecule has 2 N–H and O–H groups in total. The molecule has 0 aliphatic carbocycles. The number of anilines is 1. The molecule has 0 aromatic carbocycles. The SMILES string of the molecule is CCC(C)(O)CNc1cc(F)ncn1. The van der Waals surface area contributed by atoms with Gasteiger partial charge < -0.3 is 10.4 Å². The molecule has 1 aromatic heterocycles. The summed E-state index contributed by atoms with van der Waals surface area (Å²) in [5.74, 6) is -0.204. The van der Waals surface area contributed by atoms with Crippen molar-refractivity contribution in [1.82, 2.24) is 9.97 Å². The lowest BCUT2D eigenvalue weighted by Gasteiger charge is -2.21. The summed E-state index contributed by atoms with van der Waals surface area (Å²) in [4.78, 5) is 7.13. The number of halogens is 1. The zero-order valence-electron chi connectivity index (χ0n) is 8.29. The van der Waals surface area contributed by atoms with Crippen molar-refractivity contribution in [1.29, 1.82) is 0 Å². The third kappa shape index (κ3) is 3.26. The van der Waals surface area contributed by atoms with Gasteiger partial charge in [0.15, 0.2) is 0 Å². The van der Waals surface area contributed by atoms with Gasteiger partial charge in [-0.1, -0.05) is 6.92 Å². The van der Waals surface area contributed by atoms with Crippen LogP contribution in [0.3, 0.4) is 0 Å². The van der Waals surface area contributed by atoms with E-state index in [1.54, 1.807) is 6.92 Å². The molecule has 1 aromatic rings. The minimum absolute atomic E-state index is 0.333. The Morgan fingerprint density at radius 1 is 1.57 bits per heavy atom. The minimum atomic E-state index is -0.804. The van der Waals surface area contributed by atoms with Gasteiger partial charge in [0.1, 0.15) is 12.1 Å². The van der Waals surface area contributed by atoms with Crippen LogP contribution in [-0.2, 0) is 0 Å². The summed E-state index contributed by atoms with van der Waals surface area (Å²) in [6.07, 6.45) is 1.76. The van der Waals surface area contributed by atoms with Gasteiger partial charge in [-0.25, -0.2) is 9.97 Å². The van der Waals surface area contributed by atoms with Crippen LogP contribution in [0.2, 0.25) is 0 Å². The molecule has 1 rings (SSSR count). The summed E-state index contributed by atoms with van der Waals surface area (Å²) in [5, 5.41) is 12.5. The zero-order chi connectivity index (χ0) is 10.6. The van der Waals surface area contributed by atoms with Crippen molar-refractivity contribution in [2.45, 2.75) is 25.9 Å². The zero-order valence-corrected chi connectivity index (χ0v) is 8.29. The van der Waals surface area contributed by atoms with Crippen LogP contribution in [0.15, 0.2) is 12.4 Å². The van der Waals surface area contributed by atoms with E-state index >= 15 is 0 Å². The van der Waals surface area contributed by atoms with E-state index in [0.717, 1.165) is 6.33 Å². The van der Waals surface area contributed by atoms with E-state index in [-0.39, 0.29) is 0 Å². The van der Waals surface area contributed by atoms with Crippen molar-refractivity contribution < 1.29 is 9.50 Å². The number of rotatable bonds is 4. The molecule has 78 valence electrons. The van der Waals surface area contributed by atoms with E-state index in [4.69, 9.17) is 0 Å². The lowest BCUT2D eigenvalue weighted by atomic mass is 10.0. The highest BCUT2D eigenvalue weighted by atomic mass is 19.1. The normalized spacial score (nSPS) is 14.9. The maximum Gasteiger partial charge on any atom is 0.217 e. The Labute approximate surface area is 82.2 Å². The fourth-order valence-electron chi connectivity index (χ4n) is 0.836. The molecule has 0 amide bonds. The fourth-order valence-corrected chi connectivity index (χ4v) is 0.836. The molecule has 0 fully saturated rings. The third-order valence-corrected chi connectivity index (χ3v) is 2.05. The second-order valence-corrected chi connectivity index (χ2v) is 3.43. The predicted molar refractivity (Wildman–Crippen MR) is 51.4 cm³/mol. The molecule has 14 heavy (non-hydrogen) atoms. The average molecular weight is 199 g/mol. The summed E-state index contributed by atoms with van der Waals surface area (Å²) in [6, 6.07) is 1.19. The largest absolute Gasteiger partial charge is 0.388 e. The van der Waals surface area contributed by atoms with Crippen molar-refractivity contribution >= 4 is 5.82 Å². The highest BCUT2D eigenvalue weighted by Gasteiger charge is 2.16. The maximum absolute atomic E-state index is 12.6. The molecule has 0 radical (unpaired) electrons. The first-order chi connectivity index (χ1) is 6.53. The second kappa shape index (κ2) is 4.32. The Morgan fingerprint density at radius 3 is 2.86 bits per heavy atom. The molecule has 4 nitrogen and oxygen atoms in total. The molecule has 0 spiro atoms. The molecule has 5 heteroatoms. The van der Waals surface area contributed by atoms with Gasteiger partial charge in [-0.15, -0.1) is 0 Å². The first kappa shape index (κ1) is 10.8. The number of nitrogens with zero attached hydrogens (tertiary/aromatic N) is 2. The summed E-state index contributed by atoms with van der Waals surface area (Å²) in [7, 11) is 0. The van der Waals surface area contributed by atoms with Crippen molar-refractivity contribution in [3.63, 3.8) is 0 Å². The standard InChI is InChI=1S/C9H14FN3O/c1-3-9(2,14)5-11-8-4-7(10)12-6-13-8/h4,6,14H,3,5H2,1-2H3,(H,11,12,13). The second-order valence-electron chi connectivity index (χ2n) is 3.43. The fraction of sp³-hybridized carbons (Fsp3) is 0.556. The Bertz CT molecular complexity index is 304. The van der Waals surface area contributed by atoms with Gasteiger partial charge in [0.05, 0.1) is 5.60 Å². The summed E-state index contributed by atoms with van der Waals surface area (Å²) >= 11 is 0. The summed E-state index contributed by atoms with van der Waals surface area (Å²) < 4.78 is 12.6. The number of hydrogen-bond donors (Lipinski definition) is 2. The number of nitrogens with one attached hydrogen (secondary N) is 1. The van der Waals surface area contributed by atoms with Gasteiger partial charge in [0.25, 0.3) is 0 Å². The van der Waals surface area contributed by atoms with Crippen LogP contribution in [0.25, 0.3) is 0 Å². The monoisotopic (exact) mass is 199 g/mol. The molecule has 0 saturated carbocycles. The highest BCUT2D eigenvalue weighted by molar-refractivity contribution is 5.32. The summed E-state index contributed by atoms with van der Waals surface area (Å²) in [6.45, 7) is 3.92. The molecule has 0 aliphatic rings. The van der Waals surface area contributed by atoms with Gasteiger partial charge in [-0.3, -0.25) is 0 Å². The average Bonchev–Trinajstić information content (AvgIpc) is 2.15. The van der Waals surface area contributed by atoms with E-state index in [0.29, 0.717) is 18.8 Å². The van der Waals surface area contributed by atoms with Gasteiger partial charge >= 0.3 is 0 Å². The van der Waals surface area contributed by atoms with Crippen LogP contribution in [0.1, 0.15) is 20.3 Å². The van der Waals surface area contributed by atoms with E-state index in [1.807, 2.05) is 6.92 Å². The number of hydrogen-bond acceptors (Lipinski definition) is 4. The molecule has 0 aliphatic heterocycles. The maximum atomic E-state index is 12.6. The van der Waals surface area contributed by atoms with Gasteiger partial charge in [0.2, 0.25) is 5.95 Å². The molecular weight excluding hydrogens is 185 g/mol. The van der Waals surface area contributed by atoms with Crippen molar-refractivity contribution in [3.05, 3.63) is 18.3 Å². The van der Waals surface area contributed by atoms with Crippen molar-refractivity contribution in [3.8, 4) is 0 Å². The molecule has 0 saturated heterocycles. The topological polar surface area (TPSA) is 58.0 Å². The summed E-state index contributed by atoms with van der Waals surface area (Å²) in [5.41, 5.74) is -0.804. The quantitative estimate of drug-likeness (QED) is 0.715. The molecule has 1 atom stereocenters. The van der Waals surface area contributed by atoms with Crippen molar-refractivity contribution in [2.75, 3.05) is 11.9 Å².